The third-order valence-electron chi connectivity index (χ3n) is 5.53. The molecular weight excluding hydrogens is 443 g/mol. The maximum atomic E-state index is 12.7. The van der Waals surface area contributed by atoms with Gasteiger partial charge in [0.05, 0.1) is 0 Å². The molecule has 0 radical (unpaired) electrons. The maximum absolute atomic E-state index is 12.7. The standard InChI is InChI=1S/C26H24F3N3O2/c1-2-18-15-30-25(31-16-18)32(17-19-6-5-7-21(14-19)34-26(27,28)29)13-12-20-10-11-24(33)23-9-4-3-8-22(20)23/h3-11,14-16,33H,2,12-13,17H2,1H3. The third kappa shape index (κ3) is 5.75. The van der Waals surface area contributed by atoms with Crippen LogP contribution in [0.1, 0.15) is 23.6 Å². The summed E-state index contributed by atoms with van der Waals surface area (Å²) in [5, 5.41) is 11.9. The van der Waals surface area contributed by atoms with Crippen LogP contribution in [0.5, 0.6) is 11.5 Å². The molecule has 3 aromatic carbocycles. The van der Waals surface area contributed by atoms with Gasteiger partial charge in [0, 0.05) is 30.9 Å². The highest BCUT2D eigenvalue weighted by molar-refractivity contribution is 5.90. The van der Waals surface area contributed by atoms with Crippen LogP contribution in [0.4, 0.5) is 19.1 Å². The lowest BCUT2D eigenvalue weighted by molar-refractivity contribution is -0.274. The van der Waals surface area contributed by atoms with Crippen LogP contribution in [0.25, 0.3) is 10.8 Å². The van der Waals surface area contributed by atoms with E-state index in [0.717, 1.165) is 28.3 Å². The number of halogens is 3. The highest BCUT2D eigenvalue weighted by Gasteiger charge is 2.31. The monoisotopic (exact) mass is 467 g/mol. The molecule has 34 heavy (non-hydrogen) atoms. The Morgan fingerprint density at radius 3 is 2.35 bits per heavy atom. The van der Waals surface area contributed by atoms with Crippen molar-refractivity contribution in [2.24, 2.45) is 0 Å². The minimum atomic E-state index is -4.75. The van der Waals surface area contributed by atoms with E-state index in [4.69, 9.17) is 0 Å². The van der Waals surface area contributed by atoms with E-state index in [1.165, 1.54) is 18.2 Å². The number of aryl methyl sites for hydroxylation is 1. The fraction of sp³-hybridized carbons (Fsp3) is 0.231. The van der Waals surface area contributed by atoms with Crippen LogP contribution < -0.4 is 9.64 Å². The molecule has 0 atom stereocenters. The van der Waals surface area contributed by atoms with Crippen molar-refractivity contribution in [3.05, 3.63) is 89.7 Å². The maximum Gasteiger partial charge on any atom is 0.573 e. The van der Waals surface area contributed by atoms with Gasteiger partial charge < -0.3 is 14.7 Å². The first-order valence-corrected chi connectivity index (χ1v) is 10.9. The summed E-state index contributed by atoms with van der Waals surface area (Å²) in [5.41, 5.74) is 2.67. The Labute approximate surface area is 195 Å². The number of phenols is 1. The molecule has 0 bridgehead atoms. The minimum absolute atomic E-state index is 0.219. The van der Waals surface area contributed by atoms with E-state index in [0.29, 0.717) is 31.0 Å². The first-order chi connectivity index (χ1) is 16.3. The number of hydrogen-bond donors (Lipinski definition) is 1. The summed E-state index contributed by atoms with van der Waals surface area (Å²) in [6.45, 7) is 2.83. The number of nitrogens with zero attached hydrogens (tertiary/aromatic N) is 3. The number of ether oxygens (including phenoxy) is 1. The Hall–Kier alpha value is -3.81. The third-order valence-corrected chi connectivity index (χ3v) is 5.53. The number of phenolic OH excluding ortho intramolecular Hbond substituents is 1. The summed E-state index contributed by atoms with van der Waals surface area (Å²) < 4.78 is 42.1. The summed E-state index contributed by atoms with van der Waals surface area (Å²) >= 11 is 0. The van der Waals surface area contributed by atoms with Crippen molar-refractivity contribution >= 4 is 16.7 Å². The molecule has 0 spiro atoms. The lowest BCUT2D eigenvalue weighted by atomic mass is 10.0. The van der Waals surface area contributed by atoms with Gasteiger partial charge in [0.25, 0.3) is 0 Å². The van der Waals surface area contributed by atoms with Crippen molar-refractivity contribution < 1.29 is 23.0 Å². The van der Waals surface area contributed by atoms with Gasteiger partial charge >= 0.3 is 6.36 Å². The molecule has 1 aromatic heterocycles. The van der Waals surface area contributed by atoms with Gasteiger partial charge in [0.2, 0.25) is 5.95 Å². The summed E-state index contributed by atoms with van der Waals surface area (Å²) in [4.78, 5) is 10.9. The number of rotatable bonds is 8. The van der Waals surface area contributed by atoms with Crippen LogP contribution >= 0.6 is 0 Å². The van der Waals surface area contributed by atoms with Crippen LogP contribution in [-0.4, -0.2) is 28.0 Å². The van der Waals surface area contributed by atoms with Crippen molar-refractivity contribution in [2.45, 2.75) is 32.7 Å². The van der Waals surface area contributed by atoms with Crippen molar-refractivity contribution in [1.29, 1.82) is 0 Å². The zero-order valence-corrected chi connectivity index (χ0v) is 18.6. The average Bonchev–Trinajstić information content (AvgIpc) is 2.82. The molecule has 4 rings (SSSR count). The summed E-state index contributed by atoms with van der Waals surface area (Å²) in [5.74, 6) is 0.440. The van der Waals surface area contributed by atoms with Gasteiger partial charge in [-0.2, -0.15) is 0 Å². The van der Waals surface area contributed by atoms with Gasteiger partial charge in [-0.05, 0) is 53.1 Å². The molecule has 0 aliphatic rings. The van der Waals surface area contributed by atoms with Gasteiger partial charge in [-0.25, -0.2) is 9.97 Å². The first kappa shape index (κ1) is 23.4. The van der Waals surface area contributed by atoms with Crippen LogP contribution in [0, 0.1) is 0 Å². The molecule has 0 saturated heterocycles. The predicted molar refractivity (Wildman–Crippen MR) is 125 cm³/mol. The Kier molecular flexibility index (Phi) is 6.86. The van der Waals surface area contributed by atoms with E-state index in [9.17, 15) is 18.3 Å². The Morgan fingerprint density at radius 1 is 0.912 bits per heavy atom. The highest BCUT2D eigenvalue weighted by atomic mass is 19.4. The average molecular weight is 467 g/mol. The zero-order valence-electron chi connectivity index (χ0n) is 18.6. The lowest BCUT2D eigenvalue weighted by Crippen LogP contribution is -2.27. The topological polar surface area (TPSA) is 58.5 Å². The van der Waals surface area contributed by atoms with Crippen molar-refractivity contribution in [2.75, 3.05) is 11.4 Å². The van der Waals surface area contributed by atoms with Gasteiger partial charge in [0.15, 0.2) is 0 Å². The minimum Gasteiger partial charge on any atom is -0.507 e. The molecule has 5 nitrogen and oxygen atoms in total. The predicted octanol–water partition coefficient (Wildman–Crippen LogP) is 6.05. The number of fused-ring (bicyclic) bond motifs is 1. The van der Waals surface area contributed by atoms with E-state index in [2.05, 4.69) is 14.7 Å². The smallest absolute Gasteiger partial charge is 0.507 e. The zero-order chi connectivity index (χ0) is 24.1. The molecule has 0 fully saturated rings. The highest BCUT2D eigenvalue weighted by Crippen LogP contribution is 2.28. The van der Waals surface area contributed by atoms with E-state index in [-0.39, 0.29) is 11.5 Å². The molecule has 176 valence electrons. The largest absolute Gasteiger partial charge is 0.573 e. The van der Waals surface area contributed by atoms with Gasteiger partial charge in [-0.3, -0.25) is 0 Å². The molecule has 0 saturated carbocycles. The second-order valence-electron chi connectivity index (χ2n) is 7.90. The number of alkyl halides is 3. The Balaban J connectivity index is 1.60. The van der Waals surface area contributed by atoms with E-state index >= 15 is 0 Å². The lowest BCUT2D eigenvalue weighted by Gasteiger charge is -2.23. The molecule has 8 heteroatoms. The molecule has 0 unspecified atom stereocenters. The molecule has 1 heterocycles. The van der Waals surface area contributed by atoms with Crippen LogP contribution in [0.2, 0.25) is 0 Å². The van der Waals surface area contributed by atoms with Crippen molar-refractivity contribution in [3.8, 4) is 11.5 Å². The second-order valence-corrected chi connectivity index (χ2v) is 7.90. The van der Waals surface area contributed by atoms with E-state index in [1.54, 1.807) is 24.5 Å². The van der Waals surface area contributed by atoms with Gasteiger partial charge in [0.1, 0.15) is 11.5 Å². The molecule has 1 N–H and O–H groups in total. The normalized spacial score (nSPS) is 11.5. The number of anilines is 1. The number of benzene rings is 3. The van der Waals surface area contributed by atoms with Crippen LogP contribution in [0.3, 0.4) is 0 Å². The summed E-state index contributed by atoms with van der Waals surface area (Å²) in [6.07, 6.45) is 0.190. The molecule has 4 aromatic rings. The van der Waals surface area contributed by atoms with E-state index < -0.39 is 6.36 Å². The van der Waals surface area contributed by atoms with Gasteiger partial charge in [-0.15, -0.1) is 13.2 Å². The molecular formula is C26H24F3N3O2. The van der Waals surface area contributed by atoms with Crippen molar-refractivity contribution in [1.82, 2.24) is 9.97 Å². The summed E-state index contributed by atoms with van der Waals surface area (Å²) in [7, 11) is 0. The molecule has 0 amide bonds. The second kappa shape index (κ2) is 9.99. The Bertz CT molecular complexity index is 1260. The number of aromatic hydroxyl groups is 1. The van der Waals surface area contributed by atoms with Crippen LogP contribution in [-0.2, 0) is 19.4 Å². The van der Waals surface area contributed by atoms with E-state index in [1.807, 2.05) is 42.2 Å². The SMILES string of the molecule is CCc1cnc(N(CCc2ccc(O)c3ccccc23)Cc2cccc(OC(F)(F)F)c2)nc1. The fourth-order valence-corrected chi connectivity index (χ4v) is 3.82. The first-order valence-electron chi connectivity index (χ1n) is 10.9. The van der Waals surface area contributed by atoms with Crippen molar-refractivity contribution in [3.63, 3.8) is 0 Å². The number of hydrogen-bond acceptors (Lipinski definition) is 5. The molecule has 0 aliphatic heterocycles. The number of aromatic nitrogens is 2. The van der Waals surface area contributed by atoms with Gasteiger partial charge in [-0.1, -0.05) is 49.4 Å². The Morgan fingerprint density at radius 2 is 1.65 bits per heavy atom. The van der Waals surface area contributed by atoms with Crippen LogP contribution in [0.15, 0.2) is 73.1 Å². The summed E-state index contributed by atoms with van der Waals surface area (Å²) in [6, 6.07) is 17.1. The molecule has 0 aliphatic carbocycles. The fourth-order valence-electron chi connectivity index (χ4n) is 3.82. The quantitative estimate of drug-likeness (QED) is 0.342.